The zero-order valence-electron chi connectivity index (χ0n) is 18.8. The molecule has 1 saturated heterocycles. The molecule has 32 heavy (non-hydrogen) atoms. The van der Waals surface area contributed by atoms with E-state index in [-0.39, 0.29) is 0 Å². The molecule has 0 aromatic heterocycles. The van der Waals surface area contributed by atoms with Crippen LogP contribution in [0.4, 0.5) is 11.4 Å². The number of hydrogen-bond acceptors (Lipinski definition) is 5. The summed E-state index contributed by atoms with van der Waals surface area (Å²) in [5, 5.41) is 0. The van der Waals surface area contributed by atoms with Gasteiger partial charge in [-0.3, -0.25) is 4.57 Å². The van der Waals surface area contributed by atoms with Gasteiger partial charge in [0.25, 0.3) is 7.44 Å². The lowest BCUT2D eigenvalue weighted by Crippen LogP contribution is -2.39. The van der Waals surface area contributed by atoms with Crippen LogP contribution in [0.2, 0.25) is 0 Å². The third-order valence-electron chi connectivity index (χ3n) is 5.71. The highest BCUT2D eigenvalue weighted by atomic mass is 31.2. The second-order valence-corrected chi connectivity index (χ2v) is 10.7. The SMILES string of the molecule is CP1(=O)N2CCCN1c1cccc(c1)COCCOCCOCCOCc1cccc2c1. The Morgan fingerprint density at radius 1 is 0.688 bits per heavy atom. The monoisotopic (exact) mass is 460 g/mol. The van der Waals surface area contributed by atoms with E-state index in [1.807, 2.05) is 43.1 Å². The van der Waals surface area contributed by atoms with E-state index in [2.05, 4.69) is 21.5 Å². The molecule has 0 saturated carbocycles. The summed E-state index contributed by atoms with van der Waals surface area (Å²) < 4.78 is 40.9. The Bertz CT molecular complexity index is 855. The summed E-state index contributed by atoms with van der Waals surface area (Å²) in [6.45, 7) is 7.57. The minimum Gasteiger partial charge on any atom is -0.377 e. The molecule has 8 heteroatoms. The van der Waals surface area contributed by atoms with E-state index < -0.39 is 7.44 Å². The van der Waals surface area contributed by atoms with Crippen LogP contribution in [0.3, 0.4) is 0 Å². The van der Waals surface area contributed by atoms with Crippen LogP contribution in [0.15, 0.2) is 48.5 Å². The number of benzene rings is 2. The molecule has 2 heterocycles. The fourth-order valence-corrected chi connectivity index (χ4v) is 6.50. The minimum absolute atomic E-state index is 0.499. The van der Waals surface area contributed by atoms with E-state index in [0.29, 0.717) is 52.9 Å². The maximum Gasteiger partial charge on any atom is 0.260 e. The van der Waals surface area contributed by atoms with Crippen molar-refractivity contribution < 1.29 is 23.5 Å². The van der Waals surface area contributed by atoms with Gasteiger partial charge >= 0.3 is 0 Å². The summed E-state index contributed by atoms with van der Waals surface area (Å²) >= 11 is 0. The van der Waals surface area contributed by atoms with Crippen molar-refractivity contribution in [1.82, 2.24) is 0 Å². The van der Waals surface area contributed by atoms with Gasteiger partial charge in [0, 0.05) is 31.1 Å². The second-order valence-electron chi connectivity index (χ2n) is 8.10. The summed E-state index contributed by atoms with van der Waals surface area (Å²) in [5.74, 6) is 0. The summed E-state index contributed by atoms with van der Waals surface area (Å²) in [6, 6.07) is 16.3. The van der Waals surface area contributed by atoms with Crippen LogP contribution in [-0.4, -0.2) is 59.4 Å². The first kappa shape index (κ1) is 23.3. The van der Waals surface area contributed by atoms with Gasteiger partial charge in [0.05, 0.1) is 52.9 Å². The van der Waals surface area contributed by atoms with Crippen molar-refractivity contribution in [3.05, 3.63) is 59.7 Å². The van der Waals surface area contributed by atoms with Gasteiger partial charge in [0.1, 0.15) is 0 Å². The highest BCUT2D eigenvalue weighted by molar-refractivity contribution is 7.66. The van der Waals surface area contributed by atoms with Crippen molar-refractivity contribution in [2.45, 2.75) is 19.6 Å². The largest absolute Gasteiger partial charge is 0.377 e. The lowest BCUT2D eigenvalue weighted by molar-refractivity contribution is -0.00618. The fourth-order valence-electron chi connectivity index (χ4n) is 4.11. The van der Waals surface area contributed by atoms with Crippen LogP contribution in [-0.2, 0) is 36.7 Å². The van der Waals surface area contributed by atoms with Crippen molar-refractivity contribution in [3.63, 3.8) is 0 Å². The Morgan fingerprint density at radius 3 is 1.59 bits per heavy atom. The smallest absolute Gasteiger partial charge is 0.260 e. The average molecular weight is 461 g/mol. The van der Waals surface area contributed by atoms with Gasteiger partial charge in [0.15, 0.2) is 0 Å². The Balaban J connectivity index is 1.57. The van der Waals surface area contributed by atoms with Crippen LogP contribution < -0.4 is 9.34 Å². The standard InChI is InChI=1S/C24H33N2O5P/c1-32(27)25-9-4-10-26(32)24-8-3-6-22(18-24)20-31-16-14-29-12-11-28-13-15-30-19-21-5-2-7-23(25)17-21/h2-3,5-8,17-18H,4,9-16,19-20H2,1H3. The molecule has 2 aromatic carbocycles. The first-order valence-electron chi connectivity index (χ1n) is 11.3. The van der Waals surface area contributed by atoms with Crippen LogP contribution in [0.5, 0.6) is 0 Å². The molecule has 0 spiro atoms. The summed E-state index contributed by atoms with van der Waals surface area (Å²) in [5.41, 5.74) is 4.07. The number of anilines is 2. The molecule has 174 valence electrons. The topological polar surface area (TPSA) is 60.5 Å². The van der Waals surface area contributed by atoms with Crippen LogP contribution in [0.1, 0.15) is 17.5 Å². The third kappa shape index (κ3) is 5.91. The lowest BCUT2D eigenvalue weighted by atomic mass is 10.2. The van der Waals surface area contributed by atoms with Crippen LogP contribution >= 0.6 is 7.44 Å². The van der Waals surface area contributed by atoms with Crippen molar-refractivity contribution in [2.75, 3.05) is 68.7 Å². The molecule has 2 aliphatic rings. The first-order valence-corrected chi connectivity index (χ1v) is 13.3. The number of ether oxygens (including phenoxy) is 4. The highest BCUT2D eigenvalue weighted by Gasteiger charge is 2.36. The summed E-state index contributed by atoms with van der Waals surface area (Å²) in [4.78, 5) is 0. The Morgan fingerprint density at radius 2 is 1.12 bits per heavy atom. The Kier molecular flexibility index (Phi) is 8.22. The fraction of sp³-hybridized carbons (Fsp3) is 0.500. The number of hydrogen-bond donors (Lipinski definition) is 0. The molecule has 7 nitrogen and oxygen atoms in total. The number of rotatable bonds is 0. The van der Waals surface area contributed by atoms with Gasteiger partial charge < -0.3 is 28.3 Å². The molecule has 0 amide bonds. The molecule has 0 unspecified atom stereocenters. The van der Waals surface area contributed by atoms with Gasteiger partial charge in [-0.2, -0.15) is 0 Å². The van der Waals surface area contributed by atoms with E-state index >= 15 is 0 Å². The molecule has 6 bridgehead atoms. The van der Waals surface area contributed by atoms with E-state index in [9.17, 15) is 4.57 Å². The molecule has 0 N–H and O–H groups in total. The Hall–Kier alpha value is -1.89. The van der Waals surface area contributed by atoms with E-state index in [1.165, 1.54) is 0 Å². The van der Waals surface area contributed by atoms with E-state index in [4.69, 9.17) is 18.9 Å². The predicted molar refractivity (Wildman–Crippen MR) is 127 cm³/mol. The zero-order chi connectivity index (χ0) is 22.2. The van der Waals surface area contributed by atoms with Crippen molar-refractivity contribution >= 4 is 18.8 Å². The van der Waals surface area contributed by atoms with Crippen molar-refractivity contribution in [3.8, 4) is 0 Å². The van der Waals surface area contributed by atoms with Gasteiger partial charge in [-0.25, -0.2) is 0 Å². The predicted octanol–water partition coefficient (Wildman–Crippen LogP) is 4.31. The quantitative estimate of drug-likeness (QED) is 0.543. The molecular formula is C24H33N2O5P. The van der Waals surface area contributed by atoms with Gasteiger partial charge in [-0.05, 0) is 41.8 Å². The second kappa shape index (κ2) is 11.3. The summed E-state index contributed by atoms with van der Waals surface area (Å²) in [7, 11) is -2.81. The molecule has 1 fully saturated rings. The Labute approximate surface area is 190 Å². The third-order valence-corrected chi connectivity index (χ3v) is 8.36. The van der Waals surface area contributed by atoms with Crippen LogP contribution in [0, 0.1) is 0 Å². The summed E-state index contributed by atoms with van der Waals surface area (Å²) in [6.07, 6.45) is 0.938. The molecule has 0 radical (unpaired) electrons. The molecular weight excluding hydrogens is 427 g/mol. The molecule has 0 aliphatic carbocycles. The number of fused-ring (bicyclic) bond motifs is 8. The molecule has 2 aliphatic heterocycles. The van der Waals surface area contributed by atoms with E-state index in [0.717, 1.165) is 42.0 Å². The highest BCUT2D eigenvalue weighted by Crippen LogP contribution is 2.56. The normalized spacial score (nSPS) is 20.9. The van der Waals surface area contributed by atoms with Gasteiger partial charge in [-0.15, -0.1) is 0 Å². The minimum atomic E-state index is -2.81. The average Bonchev–Trinajstić information content (AvgIpc) is 2.79. The molecule has 4 rings (SSSR count). The van der Waals surface area contributed by atoms with E-state index in [1.54, 1.807) is 0 Å². The maximum absolute atomic E-state index is 14.1. The van der Waals surface area contributed by atoms with Crippen LogP contribution in [0.25, 0.3) is 0 Å². The molecule has 2 aromatic rings. The van der Waals surface area contributed by atoms with Crippen molar-refractivity contribution in [2.24, 2.45) is 0 Å². The zero-order valence-corrected chi connectivity index (χ0v) is 19.7. The van der Waals surface area contributed by atoms with Gasteiger partial charge in [0.2, 0.25) is 0 Å². The van der Waals surface area contributed by atoms with Crippen molar-refractivity contribution in [1.29, 1.82) is 0 Å². The molecule has 0 atom stereocenters. The lowest BCUT2D eigenvalue weighted by Gasteiger charge is -2.44. The number of nitrogens with zero attached hydrogens (tertiary/aromatic N) is 2. The first-order chi connectivity index (χ1) is 15.6. The maximum atomic E-state index is 14.1. The van der Waals surface area contributed by atoms with Gasteiger partial charge in [-0.1, -0.05) is 24.3 Å².